The van der Waals surface area contributed by atoms with Gasteiger partial charge in [-0.1, -0.05) is 40.5 Å². The first-order valence-electron chi connectivity index (χ1n) is 7.85. The molecule has 122 valence electrons. The molecule has 0 saturated carbocycles. The highest BCUT2D eigenvalue weighted by Gasteiger charge is 2.28. The second-order valence-corrected chi connectivity index (χ2v) is 6.35. The lowest BCUT2D eigenvalue weighted by Gasteiger charge is -2.26. The molecule has 0 unspecified atom stereocenters. The van der Waals surface area contributed by atoms with E-state index in [2.05, 4.69) is 0 Å². The average molecular weight is 298 g/mol. The predicted octanol–water partition coefficient (Wildman–Crippen LogP) is 4.34. The highest BCUT2D eigenvalue weighted by atomic mass is 16.6. The molecule has 0 aromatic heterocycles. The van der Waals surface area contributed by atoms with E-state index in [1.54, 1.807) is 13.8 Å². The van der Waals surface area contributed by atoms with Gasteiger partial charge >= 0.3 is 11.9 Å². The van der Waals surface area contributed by atoms with E-state index in [0.717, 1.165) is 25.7 Å². The molecular formula is C17H30O4. The molecule has 4 heteroatoms. The minimum absolute atomic E-state index is 0.181. The van der Waals surface area contributed by atoms with Gasteiger partial charge in [0.05, 0.1) is 0 Å². The first-order valence-corrected chi connectivity index (χ1v) is 7.85. The van der Waals surface area contributed by atoms with Crippen molar-refractivity contribution in [1.29, 1.82) is 0 Å². The van der Waals surface area contributed by atoms with Crippen molar-refractivity contribution in [2.45, 2.75) is 79.2 Å². The number of unbranched alkanes of at least 4 members (excludes halogenated alkanes) is 1. The van der Waals surface area contributed by atoms with Crippen molar-refractivity contribution >= 4 is 11.9 Å². The van der Waals surface area contributed by atoms with Crippen molar-refractivity contribution in [2.24, 2.45) is 5.92 Å². The van der Waals surface area contributed by atoms with Gasteiger partial charge < -0.3 is 9.84 Å². The maximum Gasteiger partial charge on any atom is 0.335 e. The zero-order valence-corrected chi connectivity index (χ0v) is 14.3. The van der Waals surface area contributed by atoms with Crippen molar-refractivity contribution in [1.82, 2.24) is 0 Å². The minimum Gasteiger partial charge on any atom is -0.478 e. The number of carboxylic acids is 1. The molecule has 0 rings (SSSR count). The summed E-state index contributed by atoms with van der Waals surface area (Å²) in [6.45, 7) is 11.4. The normalized spacial score (nSPS) is 13.1. The summed E-state index contributed by atoms with van der Waals surface area (Å²) >= 11 is 0. The van der Waals surface area contributed by atoms with E-state index in [4.69, 9.17) is 4.74 Å². The minimum atomic E-state index is -1.03. The van der Waals surface area contributed by atoms with Crippen LogP contribution in [0.5, 0.6) is 0 Å². The molecule has 21 heavy (non-hydrogen) atoms. The van der Waals surface area contributed by atoms with Crippen LogP contribution in [0.25, 0.3) is 0 Å². The molecule has 0 aliphatic rings. The monoisotopic (exact) mass is 298 g/mol. The number of rotatable bonds is 9. The van der Waals surface area contributed by atoms with E-state index >= 15 is 0 Å². The van der Waals surface area contributed by atoms with Gasteiger partial charge in [0.2, 0.25) is 0 Å². The van der Waals surface area contributed by atoms with Crippen molar-refractivity contribution in [3.05, 3.63) is 11.1 Å². The molecule has 0 saturated heterocycles. The lowest BCUT2D eigenvalue weighted by atomic mass is 9.93. The average Bonchev–Trinajstić information content (AvgIpc) is 2.32. The number of carboxylic acid groups (broad SMARTS) is 1. The molecule has 0 bridgehead atoms. The number of ether oxygens (including phenoxy) is 1. The first kappa shape index (κ1) is 19.7. The summed E-state index contributed by atoms with van der Waals surface area (Å²) in [6, 6.07) is 0. The topological polar surface area (TPSA) is 63.6 Å². The van der Waals surface area contributed by atoms with Crippen LogP contribution >= 0.6 is 0 Å². The van der Waals surface area contributed by atoms with Crippen LogP contribution in [0, 0.1) is 5.92 Å². The quantitative estimate of drug-likeness (QED) is 0.508. The smallest absolute Gasteiger partial charge is 0.335 e. The molecule has 0 fully saturated rings. The van der Waals surface area contributed by atoms with Crippen LogP contribution in [0.4, 0.5) is 0 Å². The Kier molecular flexibility index (Phi) is 8.30. The van der Waals surface area contributed by atoms with Gasteiger partial charge in [0.1, 0.15) is 5.60 Å². The fourth-order valence-electron chi connectivity index (χ4n) is 2.39. The number of hydrogen-bond acceptors (Lipinski definition) is 3. The summed E-state index contributed by atoms with van der Waals surface area (Å²) in [5.74, 6) is -1.72. The molecule has 0 aromatic rings. The fourth-order valence-corrected chi connectivity index (χ4v) is 2.39. The summed E-state index contributed by atoms with van der Waals surface area (Å²) in [7, 11) is 0. The van der Waals surface area contributed by atoms with E-state index in [0.29, 0.717) is 12.0 Å². The third-order valence-electron chi connectivity index (χ3n) is 3.38. The molecule has 0 aliphatic heterocycles. The van der Waals surface area contributed by atoms with E-state index < -0.39 is 17.5 Å². The SMILES string of the molecule is CCCC/C(C(=O)OC(C)(C)CCC)=C(/C(=O)O)C(C)C. The Hall–Kier alpha value is -1.32. The van der Waals surface area contributed by atoms with Gasteiger partial charge in [0.15, 0.2) is 0 Å². The molecule has 4 nitrogen and oxygen atoms in total. The van der Waals surface area contributed by atoms with Crippen LogP contribution in [0.1, 0.15) is 73.6 Å². The molecular weight excluding hydrogens is 268 g/mol. The molecule has 0 radical (unpaired) electrons. The number of carbonyl (C=O) groups excluding carboxylic acids is 1. The number of carbonyl (C=O) groups is 2. The van der Waals surface area contributed by atoms with Crippen LogP contribution in [0.2, 0.25) is 0 Å². The van der Waals surface area contributed by atoms with Crippen molar-refractivity contribution in [2.75, 3.05) is 0 Å². The fraction of sp³-hybridized carbons (Fsp3) is 0.765. The molecule has 0 amide bonds. The van der Waals surface area contributed by atoms with Crippen molar-refractivity contribution < 1.29 is 19.4 Å². The van der Waals surface area contributed by atoms with Crippen molar-refractivity contribution in [3.8, 4) is 0 Å². The number of hydrogen-bond donors (Lipinski definition) is 1. The third-order valence-corrected chi connectivity index (χ3v) is 3.38. The largest absolute Gasteiger partial charge is 0.478 e. The van der Waals surface area contributed by atoms with Gasteiger partial charge in [-0.25, -0.2) is 9.59 Å². The van der Waals surface area contributed by atoms with Gasteiger partial charge in [-0.15, -0.1) is 0 Å². The molecule has 0 aromatic carbocycles. The lowest BCUT2D eigenvalue weighted by Crippen LogP contribution is -2.30. The molecule has 0 heterocycles. The Morgan fingerprint density at radius 1 is 1.14 bits per heavy atom. The Bertz CT molecular complexity index is 392. The maximum absolute atomic E-state index is 12.4. The van der Waals surface area contributed by atoms with E-state index in [1.165, 1.54) is 0 Å². The van der Waals surface area contributed by atoms with Crippen molar-refractivity contribution in [3.63, 3.8) is 0 Å². The summed E-state index contributed by atoms with van der Waals surface area (Å²) < 4.78 is 5.56. The second kappa shape index (κ2) is 8.85. The second-order valence-electron chi connectivity index (χ2n) is 6.35. The predicted molar refractivity (Wildman–Crippen MR) is 84.1 cm³/mol. The van der Waals surface area contributed by atoms with Crippen LogP contribution in [0.15, 0.2) is 11.1 Å². The van der Waals surface area contributed by atoms with Crippen LogP contribution in [0.3, 0.4) is 0 Å². The Morgan fingerprint density at radius 2 is 1.71 bits per heavy atom. The van der Waals surface area contributed by atoms with Crippen LogP contribution in [-0.4, -0.2) is 22.6 Å². The lowest BCUT2D eigenvalue weighted by molar-refractivity contribution is -0.153. The van der Waals surface area contributed by atoms with Gasteiger partial charge in [-0.2, -0.15) is 0 Å². The molecule has 1 N–H and O–H groups in total. The zero-order chi connectivity index (χ0) is 16.6. The highest BCUT2D eigenvalue weighted by molar-refractivity contribution is 6.00. The standard InChI is InChI=1S/C17H30O4/c1-7-9-10-13(14(12(3)4)15(18)19)16(20)21-17(5,6)11-8-2/h12H,7-11H2,1-6H3,(H,18,19)/b14-13-. The van der Waals surface area contributed by atoms with E-state index in [1.807, 2.05) is 27.7 Å². The maximum atomic E-state index is 12.4. The molecule has 0 aliphatic carbocycles. The summed E-state index contributed by atoms with van der Waals surface area (Å²) in [5.41, 5.74) is -0.0616. The first-order chi connectivity index (χ1) is 9.66. The molecule has 0 atom stereocenters. The Balaban J connectivity index is 5.45. The van der Waals surface area contributed by atoms with Gasteiger partial charge in [0, 0.05) is 11.1 Å². The summed E-state index contributed by atoms with van der Waals surface area (Å²) in [6.07, 6.45) is 3.80. The van der Waals surface area contributed by atoms with E-state index in [-0.39, 0.29) is 11.5 Å². The summed E-state index contributed by atoms with van der Waals surface area (Å²) in [4.78, 5) is 23.9. The van der Waals surface area contributed by atoms with Crippen LogP contribution < -0.4 is 0 Å². The highest BCUT2D eigenvalue weighted by Crippen LogP contribution is 2.25. The number of aliphatic carboxylic acids is 1. The van der Waals surface area contributed by atoms with Crippen LogP contribution in [-0.2, 0) is 14.3 Å². The number of esters is 1. The zero-order valence-electron chi connectivity index (χ0n) is 14.3. The summed E-state index contributed by atoms with van der Waals surface area (Å²) in [5, 5.41) is 9.40. The van der Waals surface area contributed by atoms with Gasteiger partial charge in [-0.3, -0.25) is 0 Å². The van der Waals surface area contributed by atoms with Gasteiger partial charge in [-0.05, 0) is 39.0 Å². The third kappa shape index (κ3) is 6.78. The molecule has 0 spiro atoms. The van der Waals surface area contributed by atoms with E-state index in [9.17, 15) is 14.7 Å². The van der Waals surface area contributed by atoms with Gasteiger partial charge in [0.25, 0.3) is 0 Å². The Labute approximate surface area is 128 Å². The Morgan fingerprint density at radius 3 is 2.10 bits per heavy atom.